The van der Waals surface area contributed by atoms with Gasteiger partial charge in [-0.15, -0.1) is 0 Å². The van der Waals surface area contributed by atoms with Crippen molar-refractivity contribution < 1.29 is 22.8 Å². The van der Waals surface area contributed by atoms with Crippen molar-refractivity contribution >= 4 is 11.8 Å². The van der Waals surface area contributed by atoms with E-state index in [0.717, 1.165) is 0 Å². The summed E-state index contributed by atoms with van der Waals surface area (Å²) >= 11 is 0. The molecule has 5 nitrogen and oxygen atoms in total. The summed E-state index contributed by atoms with van der Waals surface area (Å²) in [5.74, 6) is -1.27. The Bertz CT molecular complexity index is 293. The number of halogens is 3. The summed E-state index contributed by atoms with van der Waals surface area (Å²) < 4.78 is 35.3. The second-order valence-electron chi connectivity index (χ2n) is 4.20. The number of nitrogens with one attached hydrogen (secondary N) is 2. The Balaban J connectivity index is 3.81. The van der Waals surface area contributed by atoms with Crippen molar-refractivity contribution in [1.29, 1.82) is 0 Å². The molecule has 8 heteroatoms. The van der Waals surface area contributed by atoms with Gasteiger partial charge in [-0.1, -0.05) is 13.8 Å². The van der Waals surface area contributed by atoms with Crippen molar-refractivity contribution in [2.45, 2.75) is 32.5 Å². The van der Waals surface area contributed by atoms with Crippen LogP contribution < -0.4 is 16.4 Å². The molecular formula is C10H18F3N3O2. The van der Waals surface area contributed by atoms with Gasteiger partial charge >= 0.3 is 6.18 Å². The zero-order valence-corrected chi connectivity index (χ0v) is 10.3. The van der Waals surface area contributed by atoms with Gasteiger partial charge in [-0.3, -0.25) is 9.59 Å². The van der Waals surface area contributed by atoms with Crippen LogP contribution in [0.2, 0.25) is 0 Å². The lowest BCUT2D eigenvalue weighted by atomic mass is 10.1. The SMILES string of the molecule is CC(C)[C@H](N)C(=O)NCC(=O)NCCC(F)(F)F. The summed E-state index contributed by atoms with van der Waals surface area (Å²) in [6.45, 7) is 2.60. The van der Waals surface area contributed by atoms with E-state index in [-0.39, 0.29) is 12.5 Å². The highest BCUT2D eigenvalue weighted by atomic mass is 19.4. The molecule has 0 saturated heterocycles. The molecule has 0 aromatic carbocycles. The monoisotopic (exact) mass is 269 g/mol. The summed E-state index contributed by atoms with van der Waals surface area (Å²) in [7, 11) is 0. The molecule has 0 saturated carbocycles. The lowest BCUT2D eigenvalue weighted by Gasteiger charge is -2.15. The summed E-state index contributed by atoms with van der Waals surface area (Å²) in [6, 6.07) is -0.743. The van der Waals surface area contributed by atoms with E-state index in [4.69, 9.17) is 5.73 Å². The minimum atomic E-state index is -4.31. The molecule has 0 aromatic heterocycles. The third-order valence-corrected chi connectivity index (χ3v) is 2.17. The zero-order chi connectivity index (χ0) is 14.3. The van der Waals surface area contributed by atoms with Crippen LogP contribution in [0, 0.1) is 5.92 Å². The third-order valence-electron chi connectivity index (χ3n) is 2.17. The summed E-state index contributed by atoms with van der Waals surface area (Å²) in [5.41, 5.74) is 5.51. The molecular weight excluding hydrogens is 251 g/mol. The molecule has 0 unspecified atom stereocenters. The number of nitrogens with two attached hydrogens (primary N) is 1. The van der Waals surface area contributed by atoms with Crippen molar-refractivity contribution in [2.75, 3.05) is 13.1 Å². The van der Waals surface area contributed by atoms with Crippen molar-refractivity contribution in [3.05, 3.63) is 0 Å². The summed E-state index contributed by atoms with van der Waals surface area (Å²) in [5, 5.41) is 4.30. The van der Waals surface area contributed by atoms with Crippen molar-refractivity contribution in [1.82, 2.24) is 10.6 Å². The average molecular weight is 269 g/mol. The Kier molecular flexibility index (Phi) is 6.67. The van der Waals surface area contributed by atoms with Crippen LogP contribution in [0.4, 0.5) is 13.2 Å². The van der Waals surface area contributed by atoms with E-state index >= 15 is 0 Å². The van der Waals surface area contributed by atoms with Gasteiger partial charge in [0.2, 0.25) is 11.8 Å². The zero-order valence-electron chi connectivity index (χ0n) is 10.3. The first-order valence-electron chi connectivity index (χ1n) is 5.50. The molecule has 1 atom stereocenters. The van der Waals surface area contributed by atoms with Crippen molar-refractivity contribution in [3.63, 3.8) is 0 Å². The fraction of sp³-hybridized carbons (Fsp3) is 0.800. The van der Waals surface area contributed by atoms with Crippen molar-refractivity contribution in [3.8, 4) is 0 Å². The number of carbonyl (C=O) groups is 2. The molecule has 0 spiro atoms. The first-order valence-corrected chi connectivity index (χ1v) is 5.50. The van der Waals surface area contributed by atoms with Crippen LogP contribution in [0.15, 0.2) is 0 Å². The predicted octanol–water partition coefficient (Wildman–Crippen LogP) is 0.154. The van der Waals surface area contributed by atoms with E-state index in [1.54, 1.807) is 13.8 Å². The number of rotatable bonds is 6. The Morgan fingerprint density at radius 1 is 1.22 bits per heavy atom. The molecule has 2 amide bonds. The van der Waals surface area contributed by atoms with E-state index in [1.165, 1.54) is 0 Å². The van der Waals surface area contributed by atoms with Crippen LogP contribution in [-0.4, -0.2) is 37.1 Å². The van der Waals surface area contributed by atoms with Crippen molar-refractivity contribution in [2.24, 2.45) is 11.7 Å². The van der Waals surface area contributed by atoms with E-state index in [9.17, 15) is 22.8 Å². The number of hydrogen-bond acceptors (Lipinski definition) is 3. The van der Waals surface area contributed by atoms with Crippen LogP contribution in [0.5, 0.6) is 0 Å². The molecule has 0 rings (SSSR count). The molecule has 0 aliphatic rings. The van der Waals surface area contributed by atoms with E-state index in [0.29, 0.717) is 0 Å². The standard InChI is InChI=1S/C10H18F3N3O2/c1-6(2)8(14)9(18)16-5-7(17)15-4-3-10(11,12)13/h6,8H,3-5,14H2,1-2H3,(H,15,17)(H,16,18)/t8-/m0/s1. The number of amides is 2. The van der Waals surface area contributed by atoms with Crippen LogP contribution >= 0.6 is 0 Å². The Morgan fingerprint density at radius 3 is 2.22 bits per heavy atom. The van der Waals surface area contributed by atoms with Gasteiger partial charge in [-0.05, 0) is 5.92 Å². The van der Waals surface area contributed by atoms with Gasteiger partial charge in [0.15, 0.2) is 0 Å². The highest BCUT2D eigenvalue weighted by Gasteiger charge is 2.26. The molecule has 4 N–H and O–H groups in total. The van der Waals surface area contributed by atoms with E-state index < -0.39 is 37.0 Å². The molecule has 0 aliphatic heterocycles. The maximum Gasteiger partial charge on any atom is 0.390 e. The Hall–Kier alpha value is -1.31. The smallest absolute Gasteiger partial charge is 0.354 e. The molecule has 0 aliphatic carbocycles. The predicted molar refractivity (Wildman–Crippen MR) is 59.5 cm³/mol. The maximum absolute atomic E-state index is 11.8. The Labute approximate surface area is 103 Å². The van der Waals surface area contributed by atoms with Gasteiger partial charge in [0.1, 0.15) is 0 Å². The molecule has 18 heavy (non-hydrogen) atoms. The largest absolute Gasteiger partial charge is 0.390 e. The minimum absolute atomic E-state index is 0.0849. The fourth-order valence-corrected chi connectivity index (χ4v) is 0.994. The fourth-order valence-electron chi connectivity index (χ4n) is 0.994. The molecule has 0 bridgehead atoms. The third kappa shape index (κ3) is 7.88. The number of alkyl halides is 3. The highest BCUT2D eigenvalue weighted by Crippen LogP contribution is 2.17. The number of hydrogen-bond donors (Lipinski definition) is 3. The van der Waals surface area contributed by atoms with Gasteiger partial charge in [0.25, 0.3) is 0 Å². The second kappa shape index (κ2) is 7.20. The molecule has 0 heterocycles. The first-order chi connectivity index (χ1) is 8.13. The molecule has 0 fully saturated rings. The van der Waals surface area contributed by atoms with Crippen LogP contribution in [-0.2, 0) is 9.59 Å². The normalized spacial score (nSPS) is 13.3. The van der Waals surface area contributed by atoms with Crippen LogP contribution in [0.1, 0.15) is 20.3 Å². The first kappa shape index (κ1) is 16.7. The average Bonchev–Trinajstić information content (AvgIpc) is 2.22. The van der Waals surface area contributed by atoms with E-state index in [1.807, 2.05) is 5.32 Å². The lowest BCUT2D eigenvalue weighted by Crippen LogP contribution is -2.47. The topological polar surface area (TPSA) is 84.2 Å². The maximum atomic E-state index is 11.8. The summed E-state index contributed by atoms with van der Waals surface area (Å²) in [4.78, 5) is 22.4. The second-order valence-corrected chi connectivity index (χ2v) is 4.20. The molecule has 0 aromatic rings. The quantitative estimate of drug-likeness (QED) is 0.642. The lowest BCUT2D eigenvalue weighted by molar-refractivity contribution is -0.136. The minimum Gasteiger partial charge on any atom is -0.354 e. The highest BCUT2D eigenvalue weighted by molar-refractivity contribution is 5.87. The number of carbonyl (C=O) groups excluding carboxylic acids is 2. The van der Waals surface area contributed by atoms with Gasteiger partial charge in [0.05, 0.1) is 19.0 Å². The van der Waals surface area contributed by atoms with E-state index in [2.05, 4.69) is 5.32 Å². The van der Waals surface area contributed by atoms with Crippen LogP contribution in [0.25, 0.3) is 0 Å². The van der Waals surface area contributed by atoms with Gasteiger partial charge < -0.3 is 16.4 Å². The van der Waals surface area contributed by atoms with Gasteiger partial charge in [-0.2, -0.15) is 13.2 Å². The molecule has 106 valence electrons. The van der Waals surface area contributed by atoms with Crippen LogP contribution in [0.3, 0.4) is 0 Å². The van der Waals surface area contributed by atoms with Gasteiger partial charge in [-0.25, -0.2) is 0 Å². The molecule has 0 radical (unpaired) electrons. The summed E-state index contributed by atoms with van der Waals surface area (Å²) in [6.07, 6.45) is -5.41. The Morgan fingerprint density at radius 2 is 1.78 bits per heavy atom. The van der Waals surface area contributed by atoms with Gasteiger partial charge in [0, 0.05) is 6.54 Å².